The number of ether oxygens (including phenoxy) is 2. The van der Waals surface area contributed by atoms with Gasteiger partial charge in [0.2, 0.25) is 5.91 Å². The van der Waals surface area contributed by atoms with Crippen LogP contribution in [0, 0.1) is 0 Å². The van der Waals surface area contributed by atoms with Crippen molar-refractivity contribution in [2.75, 3.05) is 24.6 Å². The molecule has 0 atom stereocenters. The highest BCUT2D eigenvalue weighted by Crippen LogP contribution is 2.19. The van der Waals surface area contributed by atoms with Crippen LogP contribution >= 0.6 is 15.9 Å². The summed E-state index contributed by atoms with van der Waals surface area (Å²) in [7, 11) is 0. The van der Waals surface area contributed by atoms with Gasteiger partial charge in [-0.25, -0.2) is 4.79 Å². The van der Waals surface area contributed by atoms with Crippen molar-refractivity contribution in [3.05, 3.63) is 89.2 Å². The van der Waals surface area contributed by atoms with E-state index in [1.807, 2.05) is 18.2 Å². The molecule has 170 valence electrons. The third kappa shape index (κ3) is 7.73. The zero-order valence-corrected chi connectivity index (χ0v) is 19.2. The number of hydrogen-bond acceptors (Lipinski definition) is 6. The molecule has 0 radical (unpaired) electrons. The van der Waals surface area contributed by atoms with E-state index in [0.717, 1.165) is 0 Å². The molecule has 0 unspecified atom stereocenters. The Bertz CT molecular complexity index is 1080. The predicted molar refractivity (Wildman–Crippen MR) is 126 cm³/mol. The first-order chi connectivity index (χ1) is 16.0. The average Bonchev–Trinajstić information content (AvgIpc) is 2.83. The van der Waals surface area contributed by atoms with Crippen LogP contribution in [0.15, 0.2) is 83.6 Å². The van der Waals surface area contributed by atoms with Gasteiger partial charge in [0.25, 0.3) is 5.91 Å². The molecule has 0 aliphatic heterocycles. The fourth-order valence-electron chi connectivity index (χ4n) is 2.88. The molecule has 0 aliphatic rings. The van der Waals surface area contributed by atoms with Crippen LogP contribution < -0.4 is 15.0 Å². The van der Waals surface area contributed by atoms with E-state index in [9.17, 15) is 14.4 Å². The normalized spacial score (nSPS) is 10.2. The number of benzene rings is 2. The highest BCUT2D eigenvalue weighted by Gasteiger charge is 2.19. The van der Waals surface area contributed by atoms with E-state index in [2.05, 4.69) is 26.2 Å². The molecule has 33 heavy (non-hydrogen) atoms. The minimum atomic E-state index is -0.848. The van der Waals surface area contributed by atoms with E-state index in [4.69, 9.17) is 9.47 Å². The lowest BCUT2D eigenvalue weighted by atomic mass is 10.2. The van der Waals surface area contributed by atoms with Gasteiger partial charge in [0.05, 0.1) is 12.1 Å². The van der Waals surface area contributed by atoms with Crippen molar-refractivity contribution in [3.63, 3.8) is 0 Å². The molecule has 8 nitrogen and oxygen atoms in total. The van der Waals surface area contributed by atoms with Gasteiger partial charge in [-0.2, -0.15) is 0 Å². The van der Waals surface area contributed by atoms with Crippen molar-refractivity contribution < 1.29 is 23.9 Å². The van der Waals surface area contributed by atoms with E-state index in [1.165, 1.54) is 11.1 Å². The smallest absolute Gasteiger partial charge is 0.432 e. The summed E-state index contributed by atoms with van der Waals surface area (Å²) in [5.74, 6) is -0.177. The van der Waals surface area contributed by atoms with Gasteiger partial charge >= 0.3 is 6.16 Å². The summed E-state index contributed by atoms with van der Waals surface area (Å²) < 4.78 is 10.6. The summed E-state index contributed by atoms with van der Waals surface area (Å²) >= 11 is 3.32. The molecular weight excluding hydrogens is 490 g/mol. The van der Waals surface area contributed by atoms with Gasteiger partial charge in [0, 0.05) is 35.5 Å². The van der Waals surface area contributed by atoms with Gasteiger partial charge in [-0.3, -0.25) is 14.6 Å². The van der Waals surface area contributed by atoms with Crippen molar-refractivity contribution in [1.82, 2.24) is 10.3 Å². The fourth-order valence-corrected chi connectivity index (χ4v) is 3.25. The Hall–Kier alpha value is -3.72. The summed E-state index contributed by atoms with van der Waals surface area (Å²) in [6.07, 6.45) is 2.29. The molecule has 0 spiro atoms. The number of carbonyl (C=O) groups excluding carboxylic acids is 3. The number of hydrogen-bond donors (Lipinski definition) is 1. The van der Waals surface area contributed by atoms with Crippen LogP contribution in [0.25, 0.3) is 0 Å². The third-order valence-electron chi connectivity index (χ3n) is 4.42. The van der Waals surface area contributed by atoms with E-state index in [-0.39, 0.29) is 37.9 Å². The Morgan fingerprint density at radius 1 is 0.970 bits per heavy atom. The van der Waals surface area contributed by atoms with Gasteiger partial charge in [0.15, 0.2) is 0 Å². The standard InChI is InChI=1S/C24H22BrN3O5/c25-19-15-18(16-26-17-19)23(30)28(20-7-3-1-4-8-20)13-11-22(29)27-12-14-32-24(31)33-21-9-5-2-6-10-21/h1-10,15-17H,11-14H2,(H,27,29). The van der Waals surface area contributed by atoms with Crippen molar-refractivity contribution in [2.45, 2.75) is 6.42 Å². The Balaban J connectivity index is 1.48. The molecule has 2 amide bonds. The topological polar surface area (TPSA) is 97.8 Å². The summed E-state index contributed by atoms with van der Waals surface area (Å²) in [4.78, 5) is 42.6. The van der Waals surface area contributed by atoms with Crippen LogP contribution in [0.3, 0.4) is 0 Å². The number of para-hydroxylation sites is 2. The monoisotopic (exact) mass is 511 g/mol. The van der Waals surface area contributed by atoms with E-state index < -0.39 is 6.16 Å². The number of halogens is 1. The molecule has 0 fully saturated rings. The van der Waals surface area contributed by atoms with E-state index >= 15 is 0 Å². The molecular formula is C24H22BrN3O5. The zero-order chi connectivity index (χ0) is 23.5. The molecule has 0 bridgehead atoms. The lowest BCUT2D eigenvalue weighted by Crippen LogP contribution is -2.36. The summed E-state index contributed by atoms with van der Waals surface area (Å²) in [5, 5.41) is 2.67. The Morgan fingerprint density at radius 2 is 1.67 bits per heavy atom. The molecule has 0 saturated carbocycles. The van der Waals surface area contributed by atoms with Gasteiger partial charge in [-0.1, -0.05) is 36.4 Å². The van der Waals surface area contributed by atoms with Crippen LogP contribution in [0.5, 0.6) is 5.75 Å². The predicted octanol–water partition coefficient (Wildman–Crippen LogP) is 4.21. The van der Waals surface area contributed by atoms with Crippen LogP contribution in [-0.2, 0) is 9.53 Å². The number of amides is 2. The Labute approximate surface area is 199 Å². The molecule has 0 aliphatic carbocycles. The first-order valence-corrected chi connectivity index (χ1v) is 11.0. The lowest BCUT2D eigenvalue weighted by Gasteiger charge is -2.22. The van der Waals surface area contributed by atoms with Gasteiger partial charge in [-0.05, 0) is 46.3 Å². The second-order valence-corrected chi connectivity index (χ2v) is 7.71. The van der Waals surface area contributed by atoms with Crippen LogP contribution in [0.1, 0.15) is 16.8 Å². The number of anilines is 1. The van der Waals surface area contributed by atoms with Crippen LogP contribution in [0.2, 0.25) is 0 Å². The van der Waals surface area contributed by atoms with Gasteiger partial charge < -0.3 is 19.7 Å². The van der Waals surface area contributed by atoms with Crippen molar-refractivity contribution in [2.24, 2.45) is 0 Å². The maximum atomic E-state index is 13.1. The van der Waals surface area contributed by atoms with Gasteiger partial charge in [0.1, 0.15) is 12.4 Å². The van der Waals surface area contributed by atoms with Crippen molar-refractivity contribution in [1.29, 1.82) is 0 Å². The number of rotatable bonds is 9. The highest BCUT2D eigenvalue weighted by molar-refractivity contribution is 9.10. The van der Waals surface area contributed by atoms with E-state index in [1.54, 1.807) is 54.7 Å². The Morgan fingerprint density at radius 3 is 2.36 bits per heavy atom. The number of nitrogens with zero attached hydrogens (tertiary/aromatic N) is 2. The number of nitrogens with one attached hydrogen (secondary N) is 1. The number of carbonyl (C=O) groups is 3. The largest absolute Gasteiger partial charge is 0.513 e. The SMILES string of the molecule is O=C(CCN(C(=O)c1cncc(Br)c1)c1ccccc1)NCCOC(=O)Oc1ccccc1. The molecule has 2 aromatic carbocycles. The second kappa shape index (κ2) is 12.4. The second-order valence-electron chi connectivity index (χ2n) is 6.80. The van der Waals surface area contributed by atoms with Crippen LogP contribution in [0.4, 0.5) is 10.5 Å². The summed E-state index contributed by atoms with van der Waals surface area (Å²) in [6, 6.07) is 19.3. The Kier molecular flexibility index (Phi) is 8.96. The summed E-state index contributed by atoms with van der Waals surface area (Å²) in [5.41, 5.74) is 1.07. The quantitative estimate of drug-likeness (QED) is 0.262. The third-order valence-corrected chi connectivity index (χ3v) is 4.85. The van der Waals surface area contributed by atoms with E-state index in [0.29, 0.717) is 21.5 Å². The van der Waals surface area contributed by atoms with Crippen LogP contribution in [-0.4, -0.2) is 42.7 Å². The molecule has 3 aromatic rings. The molecule has 0 saturated heterocycles. The number of aromatic nitrogens is 1. The first-order valence-electron chi connectivity index (χ1n) is 10.2. The van der Waals surface area contributed by atoms with Crippen molar-refractivity contribution in [3.8, 4) is 5.75 Å². The zero-order valence-electron chi connectivity index (χ0n) is 17.6. The molecule has 9 heteroatoms. The van der Waals surface area contributed by atoms with Crippen molar-refractivity contribution >= 4 is 39.6 Å². The first kappa shape index (κ1) is 23.9. The maximum Gasteiger partial charge on any atom is 0.513 e. The van der Waals surface area contributed by atoms with Gasteiger partial charge in [-0.15, -0.1) is 0 Å². The lowest BCUT2D eigenvalue weighted by molar-refractivity contribution is -0.121. The maximum absolute atomic E-state index is 13.1. The average molecular weight is 512 g/mol. The minimum Gasteiger partial charge on any atom is -0.432 e. The molecule has 3 rings (SSSR count). The minimum absolute atomic E-state index is 0.0392. The highest BCUT2D eigenvalue weighted by atomic mass is 79.9. The molecule has 1 N–H and O–H groups in total. The molecule has 1 aromatic heterocycles. The number of pyridine rings is 1. The molecule has 1 heterocycles. The fraction of sp³-hybridized carbons (Fsp3) is 0.167. The summed E-state index contributed by atoms with van der Waals surface area (Å²) in [6.45, 7) is 0.248.